The van der Waals surface area contributed by atoms with E-state index in [-0.39, 0.29) is 0 Å². The summed E-state index contributed by atoms with van der Waals surface area (Å²) in [7, 11) is 0. The average molecular weight is 184 g/mol. The molecule has 0 atom stereocenters. The highest BCUT2D eigenvalue weighted by atomic mass is 14.0. The number of rotatable bonds is 4. The molecule has 1 fully saturated rings. The first kappa shape index (κ1) is 13.0. The van der Waals surface area contributed by atoms with Crippen molar-refractivity contribution in [3.05, 3.63) is 0 Å². The molecule has 0 saturated heterocycles. The maximum atomic E-state index is 2.25. The first-order valence-corrected chi connectivity index (χ1v) is 6.41. The van der Waals surface area contributed by atoms with Crippen LogP contribution >= 0.6 is 0 Å². The fourth-order valence-electron chi connectivity index (χ4n) is 1.74. The second-order valence-electron chi connectivity index (χ2n) is 4.18. The molecule has 0 aromatic rings. The van der Waals surface area contributed by atoms with Crippen LogP contribution in [0.15, 0.2) is 0 Å². The Morgan fingerprint density at radius 2 is 0.846 bits per heavy atom. The molecule has 0 aromatic heterocycles. The van der Waals surface area contributed by atoms with Gasteiger partial charge in [0.15, 0.2) is 0 Å². The number of hydrogen-bond donors (Lipinski definition) is 0. The van der Waals surface area contributed by atoms with E-state index in [9.17, 15) is 0 Å². The van der Waals surface area contributed by atoms with E-state index in [0.717, 1.165) is 0 Å². The zero-order valence-corrected chi connectivity index (χ0v) is 9.78. The van der Waals surface area contributed by atoms with Gasteiger partial charge in [-0.3, -0.25) is 0 Å². The summed E-state index contributed by atoms with van der Waals surface area (Å²) < 4.78 is 0. The van der Waals surface area contributed by atoms with Crippen molar-refractivity contribution >= 4 is 0 Å². The lowest BCUT2D eigenvalue weighted by molar-refractivity contribution is 0.504. The van der Waals surface area contributed by atoms with Gasteiger partial charge in [0.25, 0.3) is 0 Å². The Kier molecular flexibility index (Phi) is 12.0. The Morgan fingerprint density at radius 1 is 0.538 bits per heavy atom. The van der Waals surface area contributed by atoms with E-state index >= 15 is 0 Å². The van der Waals surface area contributed by atoms with Gasteiger partial charge in [-0.05, 0) is 0 Å². The summed E-state index contributed by atoms with van der Waals surface area (Å²) in [5.74, 6) is 0. The van der Waals surface area contributed by atoms with Gasteiger partial charge in [0.1, 0.15) is 0 Å². The standard InChI is InChI=1S/C7H16.C6H12/c1-3-5-7-6-4-2;1-2-4-6-5-3-1/h3-7H2,1-2H3;1-6H2. The second kappa shape index (κ2) is 12.0. The van der Waals surface area contributed by atoms with Gasteiger partial charge >= 0.3 is 0 Å². The van der Waals surface area contributed by atoms with E-state index < -0.39 is 0 Å². The van der Waals surface area contributed by atoms with Gasteiger partial charge in [-0.2, -0.15) is 0 Å². The quantitative estimate of drug-likeness (QED) is 0.519. The largest absolute Gasteiger partial charge is 0.0654 e. The van der Waals surface area contributed by atoms with Crippen LogP contribution in [-0.2, 0) is 0 Å². The van der Waals surface area contributed by atoms with Gasteiger partial charge in [0.05, 0.1) is 0 Å². The van der Waals surface area contributed by atoms with E-state index in [1.54, 1.807) is 0 Å². The van der Waals surface area contributed by atoms with Crippen molar-refractivity contribution in [2.75, 3.05) is 0 Å². The van der Waals surface area contributed by atoms with Gasteiger partial charge in [-0.25, -0.2) is 0 Å². The Balaban J connectivity index is 0.000000223. The lowest BCUT2D eigenvalue weighted by Gasteiger charge is -2.05. The monoisotopic (exact) mass is 184 g/mol. The third-order valence-corrected chi connectivity index (χ3v) is 2.71. The molecule has 0 heteroatoms. The van der Waals surface area contributed by atoms with E-state index in [2.05, 4.69) is 13.8 Å². The van der Waals surface area contributed by atoms with Crippen LogP contribution in [0.25, 0.3) is 0 Å². The molecule has 1 aliphatic rings. The summed E-state index contributed by atoms with van der Waals surface area (Å²) in [6.07, 6.45) is 16.0. The predicted octanol–water partition coefficient (Wildman–Crippen LogP) is 5.32. The zero-order valence-electron chi connectivity index (χ0n) is 9.78. The summed E-state index contributed by atoms with van der Waals surface area (Å²) in [4.78, 5) is 0. The minimum absolute atomic E-state index is 1.36. The highest BCUT2D eigenvalue weighted by Crippen LogP contribution is 2.15. The molecule has 0 heterocycles. The molecule has 0 amide bonds. The van der Waals surface area contributed by atoms with Crippen LogP contribution in [0.3, 0.4) is 0 Å². The lowest BCUT2D eigenvalue weighted by Crippen LogP contribution is -1.85. The van der Waals surface area contributed by atoms with Crippen molar-refractivity contribution in [3.8, 4) is 0 Å². The number of unbranched alkanes of at least 4 members (excludes halogenated alkanes) is 4. The van der Waals surface area contributed by atoms with Gasteiger partial charge in [-0.1, -0.05) is 84.5 Å². The molecule has 1 aliphatic carbocycles. The van der Waals surface area contributed by atoms with Gasteiger partial charge in [0, 0.05) is 0 Å². The minimum atomic E-state index is 1.36. The van der Waals surface area contributed by atoms with Gasteiger partial charge in [-0.15, -0.1) is 0 Å². The first-order valence-electron chi connectivity index (χ1n) is 6.41. The molecule has 0 aromatic carbocycles. The molecule has 0 nitrogen and oxygen atoms in total. The van der Waals surface area contributed by atoms with E-state index in [1.807, 2.05) is 0 Å². The van der Waals surface area contributed by atoms with Crippen LogP contribution < -0.4 is 0 Å². The Morgan fingerprint density at radius 3 is 1.08 bits per heavy atom. The van der Waals surface area contributed by atoms with E-state index in [0.29, 0.717) is 0 Å². The van der Waals surface area contributed by atoms with Crippen molar-refractivity contribution in [2.45, 2.75) is 84.5 Å². The molecule has 0 N–H and O–H groups in total. The summed E-state index contributed by atoms with van der Waals surface area (Å²) in [6.45, 7) is 4.49. The topological polar surface area (TPSA) is 0 Å². The molecular formula is C13H28. The third-order valence-electron chi connectivity index (χ3n) is 2.71. The van der Waals surface area contributed by atoms with Crippen molar-refractivity contribution in [2.24, 2.45) is 0 Å². The SMILES string of the molecule is C1CCCCC1.CCCCCCC. The Hall–Kier alpha value is 0. The average Bonchev–Trinajstić information content (AvgIpc) is 2.22. The highest BCUT2D eigenvalue weighted by molar-refractivity contribution is 4.51. The molecule has 1 saturated carbocycles. The maximum Gasteiger partial charge on any atom is -0.0533 e. The summed E-state index contributed by atoms with van der Waals surface area (Å²) in [6, 6.07) is 0. The second-order valence-corrected chi connectivity index (χ2v) is 4.18. The number of hydrogen-bond acceptors (Lipinski definition) is 0. The van der Waals surface area contributed by atoms with E-state index in [1.165, 1.54) is 70.6 Å². The van der Waals surface area contributed by atoms with E-state index in [4.69, 9.17) is 0 Å². The van der Waals surface area contributed by atoms with Crippen LogP contribution in [0.5, 0.6) is 0 Å². The lowest BCUT2D eigenvalue weighted by atomic mass is 10.0. The smallest absolute Gasteiger partial charge is 0.0533 e. The Labute approximate surface area is 85.1 Å². The Bertz CT molecular complexity index is 56.6. The van der Waals surface area contributed by atoms with Crippen LogP contribution in [-0.4, -0.2) is 0 Å². The molecule has 80 valence electrons. The van der Waals surface area contributed by atoms with Crippen LogP contribution in [0.1, 0.15) is 84.5 Å². The first-order chi connectivity index (χ1) is 6.41. The van der Waals surface area contributed by atoms with Crippen molar-refractivity contribution < 1.29 is 0 Å². The predicted molar refractivity (Wildman–Crippen MR) is 62.1 cm³/mol. The molecule has 0 unspecified atom stereocenters. The maximum absolute atomic E-state index is 2.25. The molecule has 13 heavy (non-hydrogen) atoms. The van der Waals surface area contributed by atoms with Crippen LogP contribution in [0.4, 0.5) is 0 Å². The summed E-state index contributed by atoms with van der Waals surface area (Å²) in [5.41, 5.74) is 0. The van der Waals surface area contributed by atoms with Gasteiger partial charge in [0.2, 0.25) is 0 Å². The third kappa shape index (κ3) is 12.0. The summed E-state index contributed by atoms with van der Waals surface area (Å²) in [5, 5.41) is 0. The van der Waals surface area contributed by atoms with Crippen molar-refractivity contribution in [3.63, 3.8) is 0 Å². The molecular weight excluding hydrogens is 156 g/mol. The zero-order chi connectivity index (χ0) is 9.78. The molecule has 0 radical (unpaired) electrons. The fraction of sp³-hybridized carbons (Fsp3) is 1.00. The molecule has 0 aliphatic heterocycles. The molecule has 0 spiro atoms. The van der Waals surface area contributed by atoms with Crippen LogP contribution in [0, 0.1) is 0 Å². The van der Waals surface area contributed by atoms with Crippen LogP contribution in [0.2, 0.25) is 0 Å². The normalized spacial score (nSPS) is 16.2. The molecule has 0 bridgehead atoms. The van der Waals surface area contributed by atoms with Gasteiger partial charge < -0.3 is 0 Å². The van der Waals surface area contributed by atoms with Crippen molar-refractivity contribution in [1.82, 2.24) is 0 Å². The summed E-state index contributed by atoms with van der Waals surface area (Å²) >= 11 is 0. The fourth-order valence-corrected chi connectivity index (χ4v) is 1.74. The molecule has 1 rings (SSSR count). The minimum Gasteiger partial charge on any atom is -0.0654 e. The highest BCUT2D eigenvalue weighted by Gasteiger charge is 1.95. The van der Waals surface area contributed by atoms with Crippen molar-refractivity contribution in [1.29, 1.82) is 0 Å².